The van der Waals surface area contributed by atoms with Crippen LogP contribution < -0.4 is 15.4 Å². The van der Waals surface area contributed by atoms with Crippen LogP contribution in [0, 0.1) is 5.41 Å². The van der Waals surface area contributed by atoms with Crippen molar-refractivity contribution >= 4 is 34.3 Å². The molecule has 4 rings (SSSR count). The van der Waals surface area contributed by atoms with Crippen LogP contribution in [0.4, 0.5) is 5.82 Å². The zero-order valence-electron chi connectivity index (χ0n) is 17.4. The van der Waals surface area contributed by atoms with Crippen LogP contribution in [0.1, 0.15) is 15.9 Å². The van der Waals surface area contributed by atoms with Crippen molar-refractivity contribution in [3.05, 3.63) is 66.1 Å². The number of rotatable bonds is 7. The molecule has 1 saturated heterocycles. The van der Waals surface area contributed by atoms with Gasteiger partial charge in [0.1, 0.15) is 11.9 Å². The predicted octanol–water partition coefficient (Wildman–Crippen LogP) is 2.78. The molecule has 0 atom stereocenters. The van der Waals surface area contributed by atoms with E-state index in [9.17, 15) is 4.79 Å². The van der Waals surface area contributed by atoms with Crippen molar-refractivity contribution in [3.63, 3.8) is 0 Å². The Morgan fingerprint density at radius 2 is 2.00 bits per heavy atom. The fraction of sp³-hybridized carbons (Fsp3) is 0.217. The number of allylic oxidation sites excluding steroid dienone is 1. The lowest BCUT2D eigenvalue weighted by atomic mass is 10.0. The number of ether oxygens (including phenoxy) is 1. The second kappa shape index (κ2) is 8.93. The number of benzene rings is 1. The molecule has 2 aromatic heterocycles. The van der Waals surface area contributed by atoms with Gasteiger partial charge in [-0.05, 0) is 36.2 Å². The predicted molar refractivity (Wildman–Crippen MR) is 122 cm³/mol. The van der Waals surface area contributed by atoms with Gasteiger partial charge in [0.25, 0.3) is 5.91 Å². The zero-order chi connectivity index (χ0) is 21.8. The van der Waals surface area contributed by atoms with E-state index >= 15 is 0 Å². The number of anilines is 1. The highest BCUT2D eigenvalue weighted by Crippen LogP contribution is 2.23. The van der Waals surface area contributed by atoms with Gasteiger partial charge in [-0.25, -0.2) is 9.97 Å². The summed E-state index contributed by atoms with van der Waals surface area (Å²) in [5.74, 6) is 0.608. The van der Waals surface area contributed by atoms with Crippen LogP contribution in [0.25, 0.3) is 16.3 Å². The smallest absolute Gasteiger partial charge is 0.257 e. The molecule has 31 heavy (non-hydrogen) atoms. The molecule has 1 amide bonds. The highest BCUT2D eigenvalue weighted by atomic mass is 16.5. The van der Waals surface area contributed by atoms with Gasteiger partial charge in [-0.3, -0.25) is 9.69 Å². The van der Waals surface area contributed by atoms with Crippen LogP contribution in [-0.2, 0) is 0 Å². The Bertz CT molecular complexity index is 1150. The number of hydrogen-bond acceptors (Lipinski definition) is 7. The fourth-order valence-electron chi connectivity index (χ4n) is 3.44. The van der Waals surface area contributed by atoms with Crippen LogP contribution in [0.15, 0.2) is 55.0 Å². The van der Waals surface area contributed by atoms with E-state index in [0.29, 0.717) is 17.3 Å². The van der Waals surface area contributed by atoms with E-state index in [4.69, 9.17) is 10.1 Å². The molecule has 8 nitrogen and oxygen atoms in total. The minimum Gasteiger partial charge on any atom is -0.472 e. The number of aromatic nitrogens is 2. The summed E-state index contributed by atoms with van der Waals surface area (Å²) < 4.78 is 5.81. The maximum Gasteiger partial charge on any atom is 0.257 e. The van der Waals surface area contributed by atoms with Crippen LogP contribution >= 0.6 is 0 Å². The van der Waals surface area contributed by atoms with Crippen LogP contribution in [0.5, 0.6) is 5.88 Å². The van der Waals surface area contributed by atoms with Gasteiger partial charge in [0.05, 0.1) is 0 Å². The third-order valence-electron chi connectivity index (χ3n) is 5.07. The molecule has 1 aliphatic rings. The number of nitrogens with one attached hydrogen (secondary N) is 3. The number of amides is 1. The topological polar surface area (TPSA) is 103 Å². The summed E-state index contributed by atoms with van der Waals surface area (Å²) in [5, 5.41) is 15.3. The molecule has 1 aromatic carbocycles. The highest BCUT2D eigenvalue weighted by molar-refractivity contribution is 6.09. The minimum absolute atomic E-state index is 0.106. The van der Waals surface area contributed by atoms with Crippen LogP contribution in [0.2, 0.25) is 0 Å². The quantitative estimate of drug-likeness (QED) is 0.512. The molecule has 1 aliphatic heterocycles. The molecule has 3 N–H and O–H groups in total. The lowest BCUT2D eigenvalue weighted by Gasteiger charge is -2.35. The normalized spacial score (nSPS) is 14.7. The van der Waals surface area contributed by atoms with E-state index in [1.165, 1.54) is 6.21 Å². The molecular weight excluding hydrogens is 392 g/mol. The average molecular weight is 416 g/mol. The maximum atomic E-state index is 12.7. The van der Waals surface area contributed by atoms with Crippen molar-refractivity contribution in [1.29, 1.82) is 5.41 Å². The lowest BCUT2D eigenvalue weighted by molar-refractivity contribution is 0.0355. The molecule has 1 fully saturated rings. The van der Waals surface area contributed by atoms with Gasteiger partial charge < -0.3 is 20.8 Å². The molecule has 158 valence electrons. The number of nitrogens with zero attached hydrogens (tertiary/aromatic N) is 3. The van der Waals surface area contributed by atoms with Crippen molar-refractivity contribution in [2.75, 3.05) is 32.5 Å². The second-order valence-corrected chi connectivity index (χ2v) is 7.46. The number of hydrogen-bond donors (Lipinski definition) is 3. The monoisotopic (exact) mass is 416 g/mol. The largest absolute Gasteiger partial charge is 0.472 e. The van der Waals surface area contributed by atoms with Crippen molar-refractivity contribution in [2.45, 2.75) is 6.10 Å². The molecule has 0 unspecified atom stereocenters. The molecule has 8 heteroatoms. The van der Waals surface area contributed by atoms with E-state index in [1.54, 1.807) is 37.8 Å². The summed E-state index contributed by atoms with van der Waals surface area (Å²) in [6.07, 6.45) is 6.46. The highest BCUT2D eigenvalue weighted by Gasteiger charge is 2.25. The molecule has 0 saturated carbocycles. The van der Waals surface area contributed by atoms with Gasteiger partial charge in [0.15, 0.2) is 0 Å². The van der Waals surface area contributed by atoms with E-state index in [1.807, 2.05) is 31.3 Å². The van der Waals surface area contributed by atoms with Crippen molar-refractivity contribution in [2.24, 2.45) is 0 Å². The molecule has 3 heterocycles. The van der Waals surface area contributed by atoms with Crippen LogP contribution in [-0.4, -0.2) is 60.3 Å². The fourth-order valence-corrected chi connectivity index (χ4v) is 3.44. The van der Waals surface area contributed by atoms with E-state index < -0.39 is 0 Å². The van der Waals surface area contributed by atoms with Crippen molar-refractivity contribution in [3.8, 4) is 5.88 Å². The van der Waals surface area contributed by atoms with Gasteiger partial charge in [0, 0.05) is 67.5 Å². The lowest BCUT2D eigenvalue weighted by Crippen LogP contribution is -2.51. The summed E-state index contributed by atoms with van der Waals surface area (Å²) >= 11 is 0. The number of carbonyl (C=O) groups excluding carboxylic acids is 1. The van der Waals surface area contributed by atoms with Crippen molar-refractivity contribution in [1.82, 2.24) is 20.2 Å². The Labute approximate surface area is 180 Å². The summed E-state index contributed by atoms with van der Waals surface area (Å²) in [6.45, 7) is 1.70. The summed E-state index contributed by atoms with van der Waals surface area (Å²) in [4.78, 5) is 23.4. The summed E-state index contributed by atoms with van der Waals surface area (Å²) in [6, 6.07) is 11.0. The zero-order valence-corrected chi connectivity index (χ0v) is 17.4. The molecule has 0 aliphatic carbocycles. The standard InChI is InChI=1S/C23H24N6O2/c1-25-11-19(10-24)15-3-4-17-12-27-21(8-18(17)7-15)28-23(30)16-5-6-26-22(9-16)31-20-13-29(2)14-20/h3-12,20,24-25H,13-14H2,1-2H3,(H,27,28,30)/b19-11+,24-10?. The summed E-state index contributed by atoms with van der Waals surface area (Å²) in [5.41, 5.74) is 2.11. The number of fused-ring (bicyclic) bond motifs is 1. The third kappa shape index (κ3) is 4.70. The molecule has 0 radical (unpaired) electrons. The number of likely N-dealkylation sites (tertiary alicyclic amines) is 1. The molecule has 3 aromatic rings. The first-order valence-corrected chi connectivity index (χ1v) is 9.96. The molecule has 0 spiro atoms. The van der Waals surface area contributed by atoms with Gasteiger partial charge in [0.2, 0.25) is 5.88 Å². The van der Waals surface area contributed by atoms with Gasteiger partial charge >= 0.3 is 0 Å². The minimum atomic E-state index is -0.281. The van der Waals surface area contributed by atoms with Gasteiger partial charge in [-0.2, -0.15) is 0 Å². The second-order valence-electron chi connectivity index (χ2n) is 7.46. The maximum absolute atomic E-state index is 12.7. The average Bonchev–Trinajstić information content (AvgIpc) is 2.76. The first-order valence-electron chi connectivity index (χ1n) is 9.96. The van der Waals surface area contributed by atoms with E-state index in [-0.39, 0.29) is 12.0 Å². The number of likely N-dealkylation sites (N-methyl/N-ethyl adjacent to an activating group) is 1. The van der Waals surface area contributed by atoms with Crippen LogP contribution in [0.3, 0.4) is 0 Å². The first-order chi connectivity index (χ1) is 15.1. The Kier molecular flexibility index (Phi) is 5.90. The van der Waals surface area contributed by atoms with Gasteiger partial charge in [-0.1, -0.05) is 12.1 Å². The van der Waals surface area contributed by atoms with Crippen molar-refractivity contribution < 1.29 is 9.53 Å². The number of carbonyl (C=O) groups is 1. The van der Waals surface area contributed by atoms with Gasteiger partial charge in [-0.15, -0.1) is 0 Å². The Hall–Kier alpha value is -3.78. The number of pyridine rings is 2. The SMILES string of the molecule is CN/C=C(\C=N)c1ccc2cnc(NC(=O)c3ccnc(OC4CN(C)C4)c3)cc2c1. The Morgan fingerprint density at radius 1 is 1.16 bits per heavy atom. The molecular formula is C23H24N6O2. The molecule has 0 bridgehead atoms. The van der Waals surface area contributed by atoms with E-state index in [2.05, 4.69) is 25.5 Å². The Balaban J connectivity index is 1.52. The summed E-state index contributed by atoms with van der Waals surface area (Å²) in [7, 11) is 3.82. The third-order valence-corrected chi connectivity index (χ3v) is 5.07. The van der Waals surface area contributed by atoms with E-state index in [0.717, 1.165) is 35.0 Å². The Morgan fingerprint density at radius 3 is 2.74 bits per heavy atom. The first kappa shape index (κ1) is 20.5.